The summed E-state index contributed by atoms with van der Waals surface area (Å²) in [6.07, 6.45) is 4.99. The Morgan fingerprint density at radius 2 is 1.70 bits per heavy atom. The average molecular weight is 438 g/mol. The van der Waals surface area contributed by atoms with Gasteiger partial charge in [0, 0.05) is 18.7 Å². The van der Waals surface area contributed by atoms with Gasteiger partial charge >= 0.3 is 0 Å². The van der Waals surface area contributed by atoms with Gasteiger partial charge in [-0.05, 0) is 81.5 Å². The molecule has 0 amide bonds. The molecule has 0 radical (unpaired) electrons. The molecule has 2 aromatic rings. The van der Waals surface area contributed by atoms with Crippen LogP contribution in [0.15, 0.2) is 42.5 Å². The molecule has 3 nitrogen and oxygen atoms in total. The van der Waals surface area contributed by atoms with E-state index in [1.807, 2.05) is 12.1 Å². The Labute approximate surface area is 183 Å². The van der Waals surface area contributed by atoms with E-state index in [2.05, 4.69) is 11.8 Å². The van der Waals surface area contributed by atoms with E-state index in [1.54, 1.807) is 6.07 Å². The first-order valence-corrected chi connectivity index (χ1v) is 10.6. The summed E-state index contributed by atoms with van der Waals surface area (Å²) in [6.45, 7) is 5.49. The van der Waals surface area contributed by atoms with Crippen LogP contribution >= 0.6 is 12.4 Å². The van der Waals surface area contributed by atoms with Gasteiger partial charge in [-0.1, -0.05) is 12.1 Å². The van der Waals surface area contributed by atoms with Gasteiger partial charge in [0.05, 0.1) is 6.61 Å². The maximum absolute atomic E-state index is 13.5. The van der Waals surface area contributed by atoms with Crippen molar-refractivity contribution in [1.82, 2.24) is 4.90 Å². The van der Waals surface area contributed by atoms with E-state index in [-0.39, 0.29) is 35.7 Å². The molecule has 6 heteroatoms. The fourth-order valence-electron chi connectivity index (χ4n) is 4.43. The van der Waals surface area contributed by atoms with E-state index in [0.29, 0.717) is 6.61 Å². The molecule has 0 saturated carbocycles. The number of hydrogen-bond donors (Lipinski definition) is 0. The Morgan fingerprint density at radius 1 is 1.00 bits per heavy atom. The average Bonchev–Trinajstić information content (AvgIpc) is 2.85. The largest absolute Gasteiger partial charge is 0.487 e. The van der Waals surface area contributed by atoms with Crippen molar-refractivity contribution < 1.29 is 18.3 Å². The van der Waals surface area contributed by atoms with Crippen LogP contribution in [0.4, 0.5) is 8.78 Å². The van der Waals surface area contributed by atoms with Gasteiger partial charge in [0.1, 0.15) is 29.1 Å². The molecule has 0 bridgehead atoms. The fraction of sp³-hybridized carbons (Fsp3) is 0.500. The van der Waals surface area contributed by atoms with E-state index in [9.17, 15) is 8.78 Å². The molecule has 164 valence electrons. The SMILES string of the molecule is CC1Oc2ccc(F)cc2COC12CCN(CCCCc1ccc(F)cc1)CC2.Cl. The molecule has 1 spiro atoms. The van der Waals surface area contributed by atoms with Crippen molar-refractivity contribution in [2.45, 2.75) is 57.3 Å². The molecule has 1 fully saturated rings. The number of halogens is 3. The van der Waals surface area contributed by atoms with Crippen LogP contribution in [0, 0.1) is 11.6 Å². The number of ether oxygens (including phenoxy) is 2. The Hall–Kier alpha value is -1.69. The molecular weight excluding hydrogens is 408 g/mol. The quantitative estimate of drug-likeness (QED) is 0.573. The van der Waals surface area contributed by atoms with Crippen molar-refractivity contribution in [3.63, 3.8) is 0 Å². The highest BCUT2D eigenvalue weighted by atomic mass is 35.5. The van der Waals surface area contributed by atoms with E-state index < -0.39 is 0 Å². The van der Waals surface area contributed by atoms with Crippen molar-refractivity contribution in [2.75, 3.05) is 19.6 Å². The molecule has 2 aromatic carbocycles. The van der Waals surface area contributed by atoms with E-state index in [4.69, 9.17) is 9.47 Å². The van der Waals surface area contributed by atoms with Crippen LogP contribution in [0.25, 0.3) is 0 Å². The first-order chi connectivity index (χ1) is 14.0. The van der Waals surface area contributed by atoms with Gasteiger partial charge in [0.15, 0.2) is 0 Å². The predicted molar refractivity (Wildman–Crippen MR) is 116 cm³/mol. The first-order valence-electron chi connectivity index (χ1n) is 10.6. The van der Waals surface area contributed by atoms with Crippen LogP contribution in [0.3, 0.4) is 0 Å². The molecule has 0 aliphatic carbocycles. The summed E-state index contributed by atoms with van der Waals surface area (Å²) >= 11 is 0. The standard InChI is InChI=1S/C24H29F2NO2.ClH/c1-18-24(28-17-20-16-22(26)9-10-23(20)29-18)11-14-27(15-12-24)13-3-2-4-19-5-7-21(25)8-6-19;/h5-10,16,18H,2-4,11-15,17H2,1H3;1H. The molecule has 30 heavy (non-hydrogen) atoms. The van der Waals surface area contributed by atoms with Gasteiger partial charge in [-0.25, -0.2) is 8.78 Å². The van der Waals surface area contributed by atoms with Crippen LogP contribution in [0.1, 0.15) is 43.7 Å². The Balaban J connectivity index is 0.00000256. The molecule has 2 heterocycles. The lowest BCUT2D eigenvalue weighted by molar-refractivity contribution is -0.136. The molecule has 1 saturated heterocycles. The van der Waals surface area contributed by atoms with Gasteiger partial charge in [-0.2, -0.15) is 0 Å². The number of nitrogens with zero attached hydrogens (tertiary/aromatic N) is 1. The van der Waals surface area contributed by atoms with Crippen molar-refractivity contribution in [1.29, 1.82) is 0 Å². The number of hydrogen-bond acceptors (Lipinski definition) is 3. The maximum atomic E-state index is 13.5. The number of aryl methyl sites for hydroxylation is 1. The molecular formula is C24H30ClF2NO2. The molecule has 1 atom stereocenters. The summed E-state index contributed by atoms with van der Waals surface area (Å²) in [7, 11) is 0. The first kappa shape index (κ1) is 23.0. The highest BCUT2D eigenvalue weighted by Crippen LogP contribution is 2.38. The molecule has 1 unspecified atom stereocenters. The van der Waals surface area contributed by atoms with E-state index >= 15 is 0 Å². The van der Waals surface area contributed by atoms with Crippen LogP contribution in [0.2, 0.25) is 0 Å². The van der Waals surface area contributed by atoms with Crippen LogP contribution in [0.5, 0.6) is 5.75 Å². The molecule has 2 aliphatic rings. The van der Waals surface area contributed by atoms with E-state index in [0.717, 1.165) is 63.1 Å². The lowest BCUT2D eigenvalue weighted by Gasteiger charge is -2.43. The van der Waals surface area contributed by atoms with Gasteiger partial charge in [0.2, 0.25) is 0 Å². The summed E-state index contributed by atoms with van der Waals surface area (Å²) < 4.78 is 39.0. The molecule has 2 aliphatic heterocycles. The zero-order valence-electron chi connectivity index (χ0n) is 17.4. The predicted octanol–water partition coefficient (Wildman–Crippen LogP) is 5.54. The second-order valence-corrected chi connectivity index (χ2v) is 8.29. The van der Waals surface area contributed by atoms with Crippen LogP contribution in [-0.4, -0.2) is 36.2 Å². The monoisotopic (exact) mass is 437 g/mol. The number of piperidine rings is 1. The highest BCUT2D eigenvalue weighted by molar-refractivity contribution is 5.85. The molecule has 0 N–H and O–H groups in total. The second-order valence-electron chi connectivity index (χ2n) is 8.29. The summed E-state index contributed by atoms with van der Waals surface area (Å²) in [4.78, 5) is 2.49. The zero-order valence-corrected chi connectivity index (χ0v) is 18.2. The van der Waals surface area contributed by atoms with Crippen molar-refractivity contribution >= 4 is 12.4 Å². The Bertz CT molecular complexity index is 822. The minimum atomic E-state index is -0.305. The van der Waals surface area contributed by atoms with Crippen molar-refractivity contribution in [2.24, 2.45) is 0 Å². The number of fused-ring (bicyclic) bond motifs is 1. The second kappa shape index (κ2) is 10.1. The lowest BCUT2D eigenvalue weighted by Crippen LogP contribution is -2.53. The Kier molecular flexibility index (Phi) is 7.72. The van der Waals surface area contributed by atoms with Crippen LogP contribution < -0.4 is 4.74 Å². The molecule has 0 aromatic heterocycles. The van der Waals surface area contributed by atoms with Gasteiger partial charge in [0.25, 0.3) is 0 Å². The Morgan fingerprint density at radius 3 is 2.43 bits per heavy atom. The van der Waals surface area contributed by atoms with Gasteiger partial charge < -0.3 is 14.4 Å². The molecule has 4 rings (SSSR count). The number of rotatable bonds is 5. The highest BCUT2D eigenvalue weighted by Gasteiger charge is 2.43. The summed E-state index contributed by atoms with van der Waals surface area (Å²) in [5.74, 6) is 0.303. The third-order valence-corrected chi connectivity index (χ3v) is 6.39. The normalized spacial score (nSPS) is 20.7. The minimum Gasteiger partial charge on any atom is -0.487 e. The minimum absolute atomic E-state index is 0. The zero-order chi connectivity index (χ0) is 20.3. The summed E-state index contributed by atoms with van der Waals surface area (Å²) in [5, 5.41) is 0. The number of unbranched alkanes of at least 4 members (excludes halogenated alkanes) is 1. The van der Waals surface area contributed by atoms with Crippen LogP contribution in [-0.2, 0) is 17.8 Å². The lowest BCUT2D eigenvalue weighted by atomic mass is 9.86. The smallest absolute Gasteiger partial charge is 0.125 e. The number of benzene rings is 2. The fourth-order valence-corrected chi connectivity index (χ4v) is 4.43. The van der Waals surface area contributed by atoms with E-state index in [1.165, 1.54) is 29.8 Å². The third-order valence-electron chi connectivity index (χ3n) is 6.39. The van der Waals surface area contributed by atoms with Crippen molar-refractivity contribution in [3.8, 4) is 5.75 Å². The summed E-state index contributed by atoms with van der Waals surface area (Å²) in [5.41, 5.74) is 1.68. The van der Waals surface area contributed by atoms with Gasteiger partial charge in [-0.15, -0.1) is 12.4 Å². The topological polar surface area (TPSA) is 21.7 Å². The summed E-state index contributed by atoms with van der Waals surface area (Å²) in [6, 6.07) is 11.5. The van der Waals surface area contributed by atoms with Crippen molar-refractivity contribution in [3.05, 3.63) is 65.2 Å². The van der Waals surface area contributed by atoms with Gasteiger partial charge in [-0.3, -0.25) is 0 Å². The third kappa shape index (κ3) is 5.32. The number of likely N-dealkylation sites (tertiary alicyclic amines) is 1. The maximum Gasteiger partial charge on any atom is 0.125 e.